The van der Waals surface area contributed by atoms with Gasteiger partial charge in [0.1, 0.15) is 5.75 Å². The average Bonchev–Trinajstić information content (AvgIpc) is 2.77. The second kappa shape index (κ2) is 8.61. The molecule has 0 radical (unpaired) electrons. The van der Waals surface area contributed by atoms with Gasteiger partial charge < -0.3 is 15.4 Å². The predicted octanol–water partition coefficient (Wildman–Crippen LogP) is 3.97. The molecular weight excluding hydrogens is 364 g/mol. The lowest BCUT2D eigenvalue weighted by atomic mass is 9.88. The minimum atomic E-state index is -0.219. The first-order valence-electron chi connectivity index (χ1n) is 9.65. The van der Waals surface area contributed by atoms with Crippen LogP contribution in [0.4, 0.5) is 5.69 Å². The second-order valence-electron chi connectivity index (χ2n) is 6.97. The Morgan fingerprint density at radius 3 is 2.28 bits per heavy atom. The molecule has 3 aromatic carbocycles. The molecule has 5 nitrogen and oxygen atoms in total. The van der Waals surface area contributed by atoms with Gasteiger partial charge in [-0.05, 0) is 35.7 Å². The molecule has 29 heavy (non-hydrogen) atoms. The van der Waals surface area contributed by atoms with Crippen LogP contribution in [0, 0.1) is 0 Å². The number of anilines is 1. The molecule has 146 valence electrons. The smallest absolute Gasteiger partial charge is 0.262 e. The average molecular weight is 386 g/mol. The Morgan fingerprint density at radius 1 is 0.966 bits per heavy atom. The van der Waals surface area contributed by atoms with Crippen molar-refractivity contribution in [1.29, 1.82) is 0 Å². The van der Waals surface area contributed by atoms with E-state index in [0.717, 1.165) is 6.42 Å². The number of rotatable bonds is 6. The van der Waals surface area contributed by atoms with Crippen LogP contribution in [0.1, 0.15) is 33.8 Å². The van der Waals surface area contributed by atoms with E-state index in [2.05, 4.69) is 34.9 Å². The standard InChI is InChI=1S/C24H22N2O3/c27-23-16-29-22-12-11-19(15-21(22)26-23)24(28)25-14-13-20(17-7-3-1-4-8-17)18-9-5-2-6-10-18/h1-12,15,20H,13-14,16H2,(H,25,28)(H,26,27). The van der Waals surface area contributed by atoms with E-state index in [9.17, 15) is 9.59 Å². The molecule has 0 saturated carbocycles. The van der Waals surface area contributed by atoms with E-state index in [0.29, 0.717) is 23.5 Å². The molecule has 1 heterocycles. The maximum absolute atomic E-state index is 12.6. The maximum atomic E-state index is 12.6. The topological polar surface area (TPSA) is 67.4 Å². The van der Waals surface area contributed by atoms with Crippen LogP contribution in [0.25, 0.3) is 0 Å². The van der Waals surface area contributed by atoms with Gasteiger partial charge in [0.05, 0.1) is 5.69 Å². The monoisotopic (exact) mass is 386 g/mol. The van der Waals surface area contributed by atoms with Gasteiger partial charge in [0.15, 0.2) is 6.61 Å². The normalized spacial score (nSPS) is 12.7. The highest BCUT2D eigenvalue weighted by Gasteiger charge is 2.18. The number of hydrogen-bond donors (Lipinski definition) is 2. The Balaban J connectivity index is 1.43. The summed E-state index contributed by atoms with van der Waals surface area (Å²) in [5.41, 5.74) is 3.47. The zero-order valence-electron chi connectivity index (χ0n) is 15.9. The van der Waals surface area contributed by atoms with Gasteiger partial charge in [0, 0.05) is 18.0 Å². The van der Waals surface area contributed by atoms with E-state index in [1.807, 2.05) is 36.4 Å². The van der Waals surface area contributed by atoms with Crippen LogP contribution in [-0.2, 0) is 4.79 Å². The molecule has 0 unspecified atom stereocenters. The zero-order chi connectivity index (χ0) is 20.1. The number of amides is 2. The largest absolute Gasteiger partial charge is 0.482 e. The summed E-state index contributed by atoms with van der Waals surface area (Å²) in [7, 11) is 0. The third-order valence-electron chi connectivity index (χ3n) is 5.00. The number of fused-ring (bicyclic) bond motifs is 1. The van der Waals surface area contributed by atoms with Gasteiger partial charge in [0.2, 0.25) is 0 Å². The Labute approximate surface area is 169 Å². The SMILES string of the molecule is O=C1COc2ccc(C(=O)NCCC(c3ccccc3)c3ccccc3)cc2N1. The first-order valence-corrected chi connectivity index (χ1v) is 9.65. The van der Waals surface area contributed by atoms with Gasteiger partial charge in [-0.1, -0.05) is 60.7 Å². The highest BCUT2D eigenvalue weighted by Crippen LogP contribution is 2.29. The molecule has 0 aliphatic carbocycles. The Bertz CT molecular complexity index is 964. The van der Waals surface area contributed by atoms with E-state index >= 15 is 0 Å². The molecule has 0 atom stereocenters. The zero-order valence-corrected chi connectivity index (χ0v) is 15.9. The molecule has 1 aliphatic rings. The molecule has 5 heteroatoms. The van der Waals surface area contributed by atoms with Gasteiger partial charge >= 0.3 is 0 Å². The third-order valence-corrected chi connectivity index (χ3v) is 5.00. The van der Waals surface area contributed by atoms with Crippen LogP contribution in [0.2, 0.25) is 0 Å². The fourth-order valence-corrected chi connectivity index (χ4v) is 3.55. The Kier molecular flexibility index (Phi) is 5.56. The van der Waals surface area contributed by atoms with E-state index < -0.39 is 0 Å². The molecule has 4 rings (SSSR count). The fraction of sp³-hybridized carbons (Fsp3) is 0.167. The molecule has 0 fully saturated rings. The van der Waals surface area contributed by atoms with Crippen molar-refractivity contribution in [3.8, 4) is 5.75 Å². The molecule has 0 aromatic heterocycles. The summed E-state index contributed by atoms with van der Waals surface area (Å²) in [5.74, 6) is 0.388. The Hall–Kier alpha value is -3.60. The van der Waals surface area contributed by atoms with Crippen LogP contribution in [0.5, 0.6) is 5.75 Å². The van der Waals surface area contributed by atoms with Crippen molar-refractivity contribution in [3.63, 3.8) is 0 Å². The second-order valence-corrected chi connectivity index (χ2v) is 6.97. The number of benzene rings is 3. The Morgan fingerprint density at radius 2 is 1.62 bits per heavy atom. The van der Waals surface area contributed by atoms with Crippen molar-refractivity contribution in [1.82, 2.24) is 5.32 Å². The maximum Gasteiger partial charge on any atom is 0.262 e. The predicted molar refractivity (Wildman–Crippen MR) is 112 cm³/mol. The summed E-state index contributed by atoms with van der Waals surface area (Å²) in [6.45, 7) is 0.534. The molecule has 2 amide bonds. The lowest BCUT2D eigenvalue weighted by molar-refractivity contribution is -0.118. The van der Waals surface area contributed by atoms with Gasteiger partial charge in [0.25, 0.3) is 11.8 Å². The van der Waals surface area contributed by atoms with E-state index in [-0.39, 0.29) is 24.3 Å². The highest BCUT2D eigenvalue weighted by molar-refractivity contribution is 5.99. The molecular formula is C24H22N2O3. The number of nitrogens with one attached hydrogen (secondary N) is 2. The highest BCUT2D eigenvalue weighted by atomic mass is 16.5. The summed E-state index contributed by atoms with van der Waals surface area (Å²) in [4.78, 5) is 24.1. The van der Waals surface area contributed by atoms with Crippen LogP contribution in [-0.4, -0.2) is 25.0 Å². The summed E-state index contributed by atoms with van der Waals surface area (Å²) in [6, 6.07) is 25.7. The molecule has 0 spiro atoms. The molecule has 2 N–H and O–H groups in total. The fourth-order valence-electron chi connectivity index (χ4n) is 3.55. The van der Waals surface area contributed by atoms with Crippen molar-refractivity contribution in [2.45, 2.75) is 12.3 Å². The minimum Gasteiger partial charge on any atom is -0.482 e. The van der Waals surface area contributed by atoms with Gasteiger partial charge in [-0.2, -0.15) is 0 Å². The van der Waals surface area contributed by atoms with Crippen LogP contribution in [0.15, 0.2) is 78.9 Å². The summed E-state index contributed by atoms with van der Waals surface area (Å²) in [5, 5.41) is 5.72. The molecule has 1 aliphatic heterocycles. The lowest BCUT2D eigenvalue weighted by Gasteiger charge is -2.19. The van der Waals surface area contributed by atoms with Gasteiger partial charge in [-0.3, -0.25) is 9.59 Å². The van der Waals surface area contributed by atoms with Crippen LogP contribution in [0.3, 0.4) is 0 Å². The third kappa shape index (κ3) is 4.46. The molecule has 0 saturated heterocycles. The molecule has 3 aromatic rings. The minimum absolute atomic E-state index is 0.00109. The van der Waals surface area contributed by atoms with E-state index in [4.69, 9.17) is 4.74 Å². The van der Waals surface area contributed by atoms with Crippen molar-refractivity contribution in [2.24, 2.45) is 0 Å². The van der Waals surface area contributed by atoms with Crippen LogP contribution >= 0.6 is 0 Å². The van der Waals surface area contributed by atoms with E-state index in [1.165, 1.54) is 11.1 Å². The number of ether oxygens (including phenoxy) is 1. The van der Waals surface area contributed by atoms with Gasteiger partial charge in [-0.25, -0.2) is 0 Å². The number of carbonyl (C=O) groups excluding carboxylic acids is 2. The van der Waals surface area contributed by atoms with Crippen LogP contribution < -0.4 is 15.4 Å². The summed E-state index contributed by atoms with van der Waals surface area (Å²) < 4.78 is 5.34. The van der Waals surface area contributed by atoms with Crippen molar-refractivity contribution >= 4 is 17.5 Å². The van der Waals surface area contributed by atoms with Crippen molar-refractivity contribution in [3.05, 3.63) is 95.6 Å². The first kappa shape index (κ1) is 18.7. The van der Waals surface area contributed by atoms with Crippen molar-refractivity contribution < 1.29 is 14.3 Å². The van der Waals surface area contributed by atoms with E-state index in [1.54, 1.807) is 18.2 Å². The quantitative estimate of drug-likeness (QED) is 0.674. The van der Waals surface area contributed by atoms with Crippen molar-refractivity contribution in [2.75, 3.05) is 18.5 Å². The van der Waals surface area contributed by atoms with Gasteiger partial charge in [-0.15, -0.1) is 0 Å². The summed E-state index contributed by atoms with van der Waals surface area (Å²) >= 11 is 0. The first-order chi connectivity index (χ1) is 14.2. The molecule has 0 bridgehead atoms. The lowest BCUT2D eigenvalue weighted by Crippen LogP contribution is -2.28. The number of hydrogen-bond acceptors (Lipinski definition) is 3. The summed E-state index contributed by atoms with van der Waals surface area (Å²) in [6.07, 6.45) is 0.782. The number of carbonyl (C=O) groups is 2.